The molecule has 2 heterocycles. The van der Waals surface area contributed by atoms with Gasteiger partial charge in [-0.1, -0.05) is 67.2 Å². The van der Waals surface area contributed by atoms with Crippen LogP contribution >= 0.6 is 11.8 Å². The summed E-state index contributed by atoms with van der Waals surface area (Å²) < 4.78 is 14.9. The van der Waals surface area contributed by atoms with Gasteiger partial charge in [-0.25, -0.2) is 4.98 Å². The summed E-state index contributed by atoms with van der Waals surface area (Å²) in [5.41, 5.74) is 9.78. The second-order valence-electron chi connectivity index (χ2n) is 7.90. The molecule has 0 saturated carbocycles. The zero-order valence-corrected chi connectivity index (χ0v) is 18.7. The van der Waals surface area contributed by atoms with Crippen LogP contribution in [-0.2, 0) is 29.7 Å². The van der Waals surface area contributed by atoms with E-state index in [4.69, 9.17) is 15.2 Å². The molecule has 1 aromatic heterocycles. The SMILES string of the molecule is C[C@H]1[C@@H](CSc2nccn2C)O[C@@H](c2ccc(CN)cc2)O[C@H]1c1ccc(CO)cc1. The fourth-order valence-corrected chi connectivity index (χ4v) is 4.86. The fourth-order valence-electron chi connectivity index (χ4n) is 3.77. The molecule has 0 amide bonds. The molecule has 3 aromatic rings. The number of imidazole rings is 1. The van der Waals surface area contributed by atoms with Crippen LogP contribution in [0.3, 0.4) is 0 Å². The van der Waals surface area contributed by atoms with Gasteiger partial charge in [-0.15, -0.1) is 0 Å². The van der Waals surface area contributed by atoms with E-state index in [0.717, 1.165) is 33.2 Å². The third-order valence-corrected chi connectivity index (χ3v) is 6.91. The van der Waals surface area contributed by atoms with Crippen LogP contribution in [0.25, 0.3) is 0 Å². The molecule has 0 spiro atoms. The number of nitrogens with two attached hydrogens (primary N) is 1. The lowest BCUT2D eigenvalue weighted by atomic mass is 9.91. The van der Waals surface area contributed by atoms with Crippen LogP contribution in [0.1, 0.15) is 41.6 Å². The maximum absolute atomic E-state index is 9.38. The van der Waals surface area contributed by atoms with Crippen molar-refractivity contribution in [2.45, 2.75) is 43.7 Å². The topological polar surface area (TPSA) is 82.5 Å². The number of ether oxygens (including phenoxy) is 2. The maximum Gasteiger partial charge on any atom is 0.184 e. The Bertz CT molecular complexity index is 974. The lowest BCUT2D eigenvalue weighted by molar-refractivity contribution is -0.268. The number of hydrogen-bond donors (Lipinski definition) is 2. The van der Waals surface area contributed by atoms with Gasteiger partial charge in [0, 0.05) is 43.2 Å². The molecule has 0 aliphatic carbocycles. The van der Waals surface area contributed by atoms with Crippen LogP contribution in [-0.4, -0.2) is 26.5 Å². The van der Waals surface area contributed by atoms with Gasteiger partial charge in [-0.3, -0.25) is 0 Å². The van der Waals surface area contributed by atoms with Gasteiger partial charge in [0.1, 0.15) is 0 Å². The van der Waals surface area contributed by atoms with Crippen molar-refractivity contribution in [1.82, 2.24) is 9.55 Å². The lowest BCUT2D eigenvalue weighted by Gasteiger charge is -2.41. The molecule has 0 bridgehead atoms. The zero-order chi connectivity index (χ0) is 21.8. The van der Waals surface area contributed by atoms with Crippen molar-refractivity contribution in [3.8, 4) is 0 Å². The third kappa shape index (κ3) is 5.02. The molecule has 0 unspecified atom stereocenters. The van der Waals surface area contributed by atoms with Crippen LogP contribution in [0, 0.1) is 5.92 Å². The molecule has 0 radical (unpaired) electrons. The molecular weight excluding hydrogens is 410 g/mol. The summed E-state index contributed by atoms with van der Waals surface area (Å²) in [6.45, 7) is 2.71. The van der Waals surface area contributed by atoms with Crippen molar-refractivity contribution >= 4 is 11.8 Å². The van der Waals surface area contributed by atoms with Gasteiger partial charge >= 0.3 is 0 Å². The largest absolute Gasteiger partial charge is 0.392 e. The predicted molar refractivity (Wildman–Crippen MR) is 121 cm³/mol. The highest BCUT2D eigenvalue weighted by molar-refractivity contribution is 7.99. The van der Waals surface area contributed by atoms with E-state index in [1.807, 2.05) is 72.5 Å². The lowest BCUT2D eigenvalue weighted by Crippen LogP contribution is -2.38. The van der Waals surface area contributed by atoms with E-state index in [1.54, 1.807) is 11.8 Å². The molecule has 6 nitrogen and oxygen atoms in total. The standard InChI is InChI=1S/C24H29N3O3S/c1-16-21(15-31-24-26-11-12-27(24)2)29-23(20-9-3-17(13-25)4-10-20)30-22(16)19-7-5-18(14-28)6-8-19/h3-12,16,21-23,28H,13-15,25H2,1-2H3/t16-,21+,22+,23+/m0/s1. The van der Waals surface area contributed by atoms with Crippen molar-refractivity contribution < 1.29 is 14.6 Å². The number of aliphatic hydroxyl groups is 1. The van der Waals surface area contributed by atoms with Crippen LogP contribution in [0.2, 0.25) is 0 Å². The first-order valence-corrected chi connectivity index (χ1v) is 11.5. The molecular formula is C24H29N3O3S. The number of nitrogens with zero attached hydrogens (tertiary/aromatic N) is 2. The Kier molecular flexibility index (Phi) is 7.09. The van der Waals surface area contributed by atoms with Gasteiger partial charge in [0.05, 0.1) is 18.8 Å². The zero-order valence-electron chi connectivity index (χ0n) is 17.8. The van der Waals surface area contributed by atoms with E-state index in [2.05, 4.69) is 11.9 Å². The average molecular weight is 440 g/mol. The molecule has 4 atom stereocenters. The summed E-state index contributed by atoms with van der Waals surface area (Å²) in [5, 5.41) is 10.3. The summed E-state index contributed by atoms with van der Waals surface area (Å²) in [6, 6.07) is 16.1. The number of hydrogen-bond acceptors (Lipinski definition) is 6. The Morgan fingerprint density at radius 1 is 1.03 bits per heavy atom. The van der Waals surface area contributed by atoms with Crippen molar-refractivity contribution in [1.29, 1.82) is 0 Å². The van der Waals surface area contributed by atoms with Crippen molar-refractivity contribution in [2.75, 3.05) is 5.75 Å². The van der Waals surface area contributed by atoms with Crippen LogP contribution < -0.4 is 5.73 Å². The molecule has 4 rings (SSSR count). The Morgan fingerprint density at radius 2 is 1.71 bits per heavy atom. The number of aliphatic hydroxyl groups excluding tert-OH is 1. The Morgan fingerprint density at radius 3 is 2.32 bits per heavy atom. The molecule has 1 aliphatic rings. The Hall–Kier alpha value is -2.16. The normalized spacial score (nSPS) is 23.7. The van der Waals surface area contributed by atoms with E-state index >= 15 is 0 Å². The van der Waals surface area contributed by atoms with Crippen molar-refractivity contribution in [3.63, 3.8) is 0 Å². The molecule has 31 heavy (non-hydrogen) atoms. The van der Waals surface area contributed by atoms with Gasteiger partial charge in [0.15, 0.2) is 11.4 Å². The minimum Gasteiger partial charge on any atom is -0.392 e. The fraction of sp³-hybridized carbons (Fsp3) is 0.375. The summed E-state index contributed by atoms with van der Waals surface area (Å²) >= 11 is 1.69. The third-order valence-electron chi connectivity index (χ3n) is 5.76. The minimum atomic E-state index is -0.461. The van der Waals surface area contributed by atoms with E-state index in [1.165, 1.54) is 0 Å². The predicted octanol–water partition coefficient (Wildman–Crippen LogP) is 3.95. The first-order chi connectivity index (χ1) is 15.1. The molecule has 1 aliphatic heterocycles. The molecule has 1 fully saturated rings. The minimum absolute atomic E-state index is 0.0165. The first kappa shape index (κ1) is 22.0. The molecule has 1 saturated heterocycles. The monoisotopic (exact) mass is 439 g/mol. The highest BCUT2D eigenvalue weighted by atomic mass is 32.2. The number of aromatic nitrogens is 2. The van der Waals surface area contributed by atoms with E-state index < -0.39 is 6.29 Å². The van der Waals surface area contributed by atoms with Gasteiger partial charge in [-0.05, 0) is 16.7 Å². The quantitative estimate of drug-likeness (QED) is 0.543. The second kappa shape index (κ2) is 9.97. The molecule has 2 aromatic carbocycles. The van der Waals surface area contributed by atoms with Crippen molar-refractivity contribution in [2.24, 2.45) is 18.7 Å². The first-order valence-electron chi connectivity index (χ1n) is 10.5. The van der Waals surface area contributed by atoms with E-state index in [-0.39, 0.29) is 24.7 Å². The summed E-state index contributed by atoms with van der Waals surface area (Å²) in [5.74, 6) is 0.921. The number of thioether (sulfide) groups is 1. The second-order valence-corrected chi connectivity index (χ2v) is 8.89. The highest BCUT2D eigenvalue weighted by Crippen LogP contribution is 2.42. The molecule has 164 valence electrons. The van der Waals surface area contributed by atoms with Gasteiger partial charge < -0.3 is 24.9 Å². The van der Waals surface area contributed by atoms with Crippen LogP contribution in [0.4, 0.5) is 0 Å². The average Bonchev–Trinajstić information content (AvgIpc) is 3.23. The summed E-state index contributed by atoms with van der Waals surface area (Å²) in [6.07, 6.45) is 3.16. The number of benzene rings is 2. The van der Waals surface area contributed by atoms with E-state index in [9.17, 15) is 5.11 Å². The van der Waals surface area contributed by atoms with Gasteiger partial charge in [0.25, 0.3) is 0 Å². The van der Waals surface area contributed by atoms with Crippen LogP contribution in [0.15, 0.2) is 66.1 Å². The smallest absolute Gasteiger partial charge is 0.184 e. The molecule has 7 heteroatoms. The Balaban J connectivity index is 1.58. The van der Waals surface area contributed by atoms with Crippen LogP contribution in [0.5, 0.6) is 0 Å². The van der Waals surface area contributed by atoms with Gasteiger partial charge in [0.2, 0.25) is 0 Å². The number of rotatable bonds is 7. The summed E-state index contributed by atoms with van der Waals surface area (Å²) in [7, 11) is 2.00. The highest BCUT2D eigenvalue weighted by Gasteiger charge is 2.38. The summed E-state index contributed by atoms with van der Waals surface area (Å²) in [4.78, 5) is 4.42. The number of aryl methyl sites for hydroxylation is 1. The van der Waals surface area contributed by atoms with E-state index in [0.29, 0.717) is 6.54 Å². The maximum atomic E-state index is 9.38. The van der Waals surface area contributed by atoms with Crippen molar-refractivity contribution in [3.05, 3.63) is 83.2 Å². The molecule has 3 N–H and O–H groups in total. The Labute approximate surface area is 187 Å². The van der Waals surface area contributed by atoms with Gasteiger partial charge in [-0.2, -0.15) is 0 Å².